The molecule has 0 aliphatic heterocycles. The third-order valence-electron chi connectivity index (χ3n) is 2.11. The normalized spacial score (nSPS) is 11.5. The van der Waals surface area contributed by atoms with E-state index in [2.05, 4.69) is 38.3 Å². The molecule has 90 valence electrons. The molecule has 0 bridgehead atoms. The third kappa shape index (κ3) is 11.4. The molecular formula is C12H26N2O. The fourth-order valence-corrected chi connectivity index (χ4v) is 1.24. The second-order valence-electron chi connectivity index (χ2n) is 4.98. The number of carbonyl (C=O) groups is 1. The van der Waals surface area contributed by atoms with Gasteiger partial charge in [-0.05, 0) is 27.2 Å². The summed E-state index contributed by atoms with van der Waals surface area (Å²) in [7, 11) is 0. The SMILES string of the molecule is CCCCCNC(=O)CCNC(C)(C)C. The lowest BCUT2D eigenvalue weighted by Crippen LogP contribution is -2.38. The van der Waals surface area contributed by atoms with Gasteiger partial charge in [0.05, 0.1) is 0 Å². The van der Waals surface area contributed by atoms with E-state index in [-0.39, 0.29) is 11.4 Å². The molecule has 0 spiro atoms. The average Bonchev–Trinajstić information content (AvgIpc) is 2.10. The standard InChI is InChI=1S/C12H26N2O/c1-5-6-7-9-13-11(15)8-10-14-12(2,3)4/h14H,5-10H2,1-4H3,(H,13,15). The zero-order valence-electron chi connectivity index (χ0n) is 10.7. The van der Waals surface area contributed by atoms with Gasteiger partial charge in [0.15, 0.2) is 0 Å². The molecule has 0 saturated carbocycles. The predicted molar refractivity (Wildman–Crippen MR) is 64.9 cm³/mol. The maximum absolute atomic E-state index is 11.3. The van der Waals surface area contributed by atoms with Gasteiger partial charge in [-0.25, -0.2) is 0 Å². The lowest BCUT2D eigenvalue weighted by molar-refractivity contribution is -0.121. The number of unbranched alkanes of at least 4 members (excludes halogenated alkanes) is 2. The molecule has 0 aromatic carbocycles. The molecule has 3 heteroatoms. The van der Waals surface area contributed by atoms with Crippen LogP contribution in [0.25, 0.3) is 0 Å². The Morgan fingerprint density at radius 1 is 1.13 bits per heavy atom. The van der Waals surface area contributed by atoms with Gasteiger partial charge in [-0.2, -0.15) is 0 Å². The summed E-state index contributed by atoms with van der Waals surface area (Å²) in [6.07, 6.45) is 4.06. The summed E-state index contributed by atoms with van der Waals surface area (Å²) in [5.41, 5.74) is 0.0997. The topological polar surface area (TPSA) is 41.1 Å². The average molecular weight is 214 g/mol. The Balaban J connectivity index is 3.34. The van der Waals surface area contributed by atoms with Crippen LogP contribution in [0.4, 0.5) is 0 Å². The van der Waals surface area contributed by atoms with Crippen LogP contribution in [0, 0.1) is 0 Å². The van der Waals surface area contributed by atoms with Crippen LogP contribution in [0.3, 0.4) is 0 Å². The Bertz CT molecular complexity index is 173. The molecule has 1 amide bonds. The highest BCUT2D eigenvalue weighted by Crippen LogP contribution is 1.98. The first-order valence-corrected chi connectivity index (χ1v) is 5.97. The van der Waals surface area contributed by atoms with E-state index in [1.54, 1.807) is 0 Å². The van der Waals surface area contributed by atoms with E-state index >= 15 is 0 Å². The number of nitrogens with one attached hydrogen (secondary N) is 2. The summed E-state index contributed by atoms with van der Waals surface area (Å²) >= 11 is 0. The van der Waals surface area contributed by atoms with E-state index in [1.165, 1.54) is 12.8 Å². The number of hydrogen-bond donors (Lipinski definition) is 2. The van der Waals surface area contributed by atoms with Crippen LogP contribution < -0.4 is 10.6 Å². The Hall–Kier alpha value is -0.570. The molecule has 0 aromatic rings. The zero-order valence-corrected chi connectivity index (χ0v) is 10.7. The second-order valence-corrected chi connectivity index (χ2v) is 4.98. The van der Waals surface area contributed by atoms with Gasteiger partial charge in [0.2, 0.25) is 5.91 Å². The van der Waals surface area contributed by atoms with Crippen LogP contribution in [0.15, 0.2) is 0 Å². The number of amides is 1. The minimum Gasteiger partial charge on any atom is -0.356 e. The molecule has 0 aliphatic rings. The van der Waals surface area contributed by atoms with Crippen LogP contribution in [0.5, 0.6) is 0 Å². The fraction of sp³-hybridized carbons (Fsp3) is 0.917. The molecule has 0 heterocycles. The van der Waals surface area contributed by atoms with E-state index in [9.17, 15) is 4.79 Å². The van der Waals surface area contributed by atoms with Crippen LogP contribution in [-0.2, 0) is 4.79 Å². The molecule has 0 atom stereocenters. The predicted octanol–water partition coefficient (Wildman–Crippen LogP) is 2.07. The number of carbonyl (C=O) groups excluding carboxylic acids is 1. The molecule has 2 N–H and O–H groups in total. The van der Waals surface area contributed by atoms with Crippen LogP contribution in [0.2, 0.25) is 0 Å². The zero-order chi connectivity index (χ0) is 11.7. The van der Waals surface area contributed by atoms with Crippen molar-refractivity contribution >= 4 is 5.91 Å². The van der Waals surface area contributed by atoms with Gasteiger partial charge in [0, 0.05) is 25.0 Å². The van der Waals surface area contributed by atoms with Crippen molar-refractivity contribution in [1.29, 1.82) is 0 Å². The van der Waals surface area contributed by atoms with Gasteiger partial charge >= 0.3 is 0 Å². The minimum absolute atomic E-state index is 0.0997. The fourth-order valence-electron chi connectivity index (χ4n) is 1.24. The molecule has 0 unspecified atom stereocenters. The Morgan fingerprint density at radius 2 is 1.80 bits per heavy atom. The molecule has 0 saturated heterocycles. The van der Waals surface area contributed by atoms with Crippen LogP contribution in [0.1, 0.15) is 53.4 Å². The Kier molecular flexibility index (Phi) is 7.39. The molecule has 0 aliphatic carbocycles. The smallest absolute Gasteiger partial charge is 0.221 e. The lowest BCUT2D eigenvalue weighted by Gasteiger charge is -2.20. The summed E-state index contributed by atoms with van der Waals surface area (Å²) in [6.45, 7) is 10.0. The van der Waals surface area contributed by atoms with E-state index in [4.69, 9.17) is 0 Å². The maximum Gasteiger partial charge on any atom is 0.221 e. The van der Waals surface area contributed by atoms with Crippen molar-refractivity contribution < 1.29 is 4.79 Å². The molecule has 3 nitrogen and oxygen atoms in total. The first-order chi connectivity index (χ1) is 6.95. The highest BCUT2D eigenvalue weighted by atomic mass is 16.1. The van der Waals surface area contributed by atoms with Crippen molar-refractivity contribution in [2.75, 3.05) is 13.1 Å². The van der Waals surface area contributed by atoms with Crippen molar-refractivity contribution in [3.05, 3.63) is 0 Å². The molecule has 0 rings (SSSR count). The van der Waals surface area contributed by atoms with Crippen LogP contribution >= 0.6 is 0 Å². The van der Waals surface area contributed by atoms with E-state index in [0.29, 0.717) is 6.42 Å². The highest BCUT2D eigenvalue weighted by molar-refractivity contribution is 5.75. The molecule has 15 heavy (non-hydrogen) atoms. The minimum atomic E-state index is 0.0997. The quantitative estimate of drug-likeness (QED) is 0.637. The third-order valence-corrected chi connectivity index (χ3v) is 2.11. The summed E-state index contributed by atoms with van der Waals surface area (Å²) in [5.74, 6) is 0.155. The Morgan fingerprint density at radius 3 is 2.33 bits per heavy atom. The van der Waals surface area contributed by atoms with E-state index in [1.807, 2.05) is 0 Å². The maximum atomic E-state index is 11.3. The van der Waals surface area contributed by atoms with Crippen LogP contribution in [-0.4, -0.2) is 24.5 Å². The van der Waals surface area contributed by atoms with Crippen molar-refractivity contribution in [1.82, 2.24) is 10.6 Å². The highest BCUT2D eigenvalue weighted by Gasteiger charge is 2.08. The second kappa shape index (κ2) is 7.69. The van der Waals surface area contributed by atoms with Crippen molar-refractivity contribution in [3.63, 3.8) is 0 Å². The largest absolute Gasteiger partial charge is 0.356 e. The number of hydrogen-bond acceptors (Lipinski definition) is 2. The Labute approximate surface area is 94.0 Å². The summed E-state index contributed by atoms with van der Waals surface area (Å²) in [5, 5.41) is 6.22. The van der Waals surface area contributed by atoms with Crippen molar-refractivity contribution in [3.8, 4) is 0 Å². The monoisotopic (exact) mass is 214 g/mol. The van der Waals surface area contributed by atoms with E-state index in [0.717, 1.165) is 19.5 Å². The first-order valence-electron chi connectivity index (χ1n) is 5.97. The summed E-state index contributed by atoms with van der Waals surface area (Å²) in [6, 6.07) is 0. The number of rotatable bonds is 7. The first kappa shape index (κ1) is 14.4. The summed E-state index contributed by atoms with van der Waals surface area (Å²) in [4.78, 5) is 11.3. The van der Waals surface area contributed by atoms with Crippen molar-refractivity contribution in [2.24, 2.45) is 0 Å². The van der Waals surface area contributed by atoms with Gasteiger partial charge in [0.25, 0.3) is 0 Å². The molecule has 0 radical (unpaired) electrons. The molecule has 0 fully saturated rings. The lowest BCUT2D eigenvalue weighted by atomic mass is 10.1. The van der Waals surface area contributed by atoms with Gasteiger partial charge < -0.3 is 10.6 Å². The van der Waals surface area contributed by atoms with Gasteiger partial charge in [-0.1, -0.05) is 19.8 Å². The van der Waals surface area contributed by atoms with Crippen molar-refractivity contribution in [2.45, 2.75) is 58.9 Å². The summed E-state index contributed by atoms with van der Waals surface area (Å²) < 4.78 is 0. The van der Waals surface area contributed by atoms with Gasteiger partial charge in [-0.3, -0.25) is 4.79 Å². The molecular weight excluding hydrogens is 188 g/mol. The van der Waals surface area contributed by atoms with Gasteiger partial charge in [0.1, 0.15) is 0 Å². The van der Waals surface area contributed by atoms with E-state index < -0.39 is 0 Å². The molecule has 0 aromatic heterocycles. The van der Waals surface area contributed by atoms with Gasteiger partial charge in [-0.15, -0.1) is 0 Å².